The molecule has 6 N–H and O–H groups in total. The van der Waals surface area contributed by atoms with Crippen LogP contribution in [0.5, 0.6) is 0 Å². The Balaban J connectivity index is 1.96. The molecule has 1 saturated carbocycles. The van der Waals surface area contributed by atoms with Crippen molar-refractivity contribution in [1.29, 1.82) is 0 Å². The highest BCUT2D eigenvalue weighted by Gasteiger charge is 2.39. The first-order valence-electron chi connectivity index (χ1n) is 6.35. The SMILES string of the molecule is C=C1C(CO)C(O)CC1n1cnc2c1NC(N)=NC2O. The molecule has 8 heteroatoms. The van der Waals surface area contributed by atoms with E-state index in [1.165, 1.54) is 0 Å². The Bertz CT molecular complexity index is 582. The average Bonchev–Trinajstić information content (AvgIpc) is 2.91. The molecule has 0 bridgehead atoms. The van der Waals surface area contributed by atoms with Crippen LogP contribution in [0.15, 0.2) is 23.5 Å². The van der Waals surface area contributed by atoms with Crippen molar-refractivity contribution in [3.05, 3.63) is 24.2 Å². The summed E-state index contributed by atoms with van der Waals surface area (Å²) in [5.74, 6) is 0.300. The van der Waals surface area contributed by atoms with Gasteiger partial charge in [0.15, 0.2) is 12.2 Å². The smallest absolute Gasteiger partial charge is 0.197 e. The predicted molar refractivity (Wildman–Crippen MR) is 71.8 cm³/mol. The molecule has 2 heterocycles. The van der Waals surface area contributed by atoms with Crippen molar-refractivity contribution in [2.24, 2.45) is 16.6 Å². The van der Waals surface area contributed by atoms with E-state index in [-0.39, 0.29) is 24.5 Å². The van der Waals surface area contributed by atoms with Gasteiger partial charge in [-0.15, -0.1) is 0 Å². The molecule has 108 valence electrons. The Kier molecular flexibility index (Phi) is 3.00. The zero-order valence-electron chi connectivity index (χ0n) is 10.8. The molecule has 0 spiro atoms. The fourth-order valence-electron chi connectivity index (χ4n) is 2.85. The van der Waals surface area contributed by atoms with Crippen LogP contribution in [-0.4, -0.2) is 43.5 Å². The molecule has 1 fully saturated rings. The first-order valence-corrected chi connectivity index (χ1v) is 6.35. The van der Waals surface area contributed by atoms with Crippen LogP contribution >= 0.6 is 0 Å². The minimum atomic E-state index is -1.10. The molecule has 0 radical (unpaired) electrons. The number of nitrogens with two attached hydrogens (primary N) is 1. The Hall–Kier alpha value is -1.90. The summed E-state index contributed by atoms with van der Waals surface area (Å²) in [5, 5.41) is 31.9. The van der Waals surface area contributed by atoms with Gasteiger partial charge in [0, 0.05) is 5.92 Å². The average molecular weight is 279 g/mol. The number of fused-ring (bicyclic) bond motifs is 1. The Morgan fingerprint density at radius 2 is 2.25 bits per heavy atom. The third-order valence-corrected chi connectivity index (χ3v) is 3.94. The molecule has 0 saturated heterocycles. The molecule has 2 aliphatic rings. The van der Waals surface area contributed by atoms with Gasteiger partial charge in [-0.05, 0) is 12.0 Å². The number of hydrogen-bond acceptors (Lipinski definition) is 7. The Morgan fingerprint density at radius 3 is 2.90 bits per heavy atom. The monoisotopic (exact) mass is 279 g/mol. The maximum absolute atomic E-state index is 9.96. The van der Waals surface area contributed by atoms with E-state index in [4.69, 9.17) is 5.73 Å². The van der Waals surface area contributed by atoms with Gasteiger partial charge in [0.2, 0.25) is 0 Å². The summed E-state index contributed by atoms with van der Waals surface area (Å²) >= 11 is 0. The van der Waals surface area contributed by atoms with Crippen LogP contribution < -0.4 is 11.1 Å². The number of nitrogens with zero attached hydrogens (tertiary/aromatic N) is 3. The molecule has 4 unspecified atom stereocenters. The van der Waals surface area contributed by atoms with Gasteiger partial charge in [-0.3, -0.25) is 0 Å². The van der Waals surface area contributed by atoms with Crippen LogP contribution in [0.4, 0.5) is 5.82 Å². The van der Waals surface area contributed by atoms with Crippen molar-refractivity contribution in [2.75, 3.05) is 11.9 Å². The third-order valence-electron chi connectivity index (χ3n) is 3.94. The number of aliphatic imine (C=N–C) groups is 1. The van der Waals surface area contributed by atoms with Gasteiger partial charge >= 0.3 is 0 Å². The number of aliphatic hydroxyl groups is 3. The van der Waals surface area contributed by atoms with Gasteiger partial charge in [-0.25, -0.2) is 9.98 Å². The Labute approximate surface area is 115 Å². The molecule has 4 atom stereocenters. The van der Waals surface area contributed by atoms with Gasteiger partial charge < -0.3 is 30.9 Å². The van der Waals surface area contributed by atoms with Crippen LogP contribution in [0.1, 0.15) is 24.4 Å². The highest BCUT2D eigenvalue weighted by molar-refractivity contribution is 5.93. The molecule has 8 nitrogen and oxygen atoms in total. The molecule has 1 aliphatic heterocycles. The summed E-state index contributed by atoms with van der Waals surface area (Å²) < 4.78 is 1.77. The number of rotatable bonds is 2. The number of anilines is 1. The lowest BCUT2D eigenvalue weighted by molar-refractivity contribution is 0.101. The summed E-state index contributed by atoms with van der Waals surface area (Å²) in [6.45, 7) is 3.82. The normalized spacial score (nSPS) is 32.8. The fraction of sp³-hybridized carbons (Fsp3) is 0.500. The largest absolute Gasteiger partial charge is 0.396 e. The lowest BCUT2D eigenvalue weighted by atomic mass is 10.0. The van der Waals surface area contributed by atoms with Gasteiger partial charge in [0.1, 0.15) is 11.5 Å². The van der Waals surface area contributed by atoms with E-state index in [2.05, 4.69) is 21.9 Å². The van der Waals surface area contributed by atoms with Crippen LogP contribution in [0.3, 0.4) is 0 Å². The Morgan fingerprint density at radius 1 is 1.50 bits per heavy atom. The fourth-order valence-corrected chi connectivity index (χ4v) is 2.85. The number of aromatic nitrogens is 2. The van der Waals surface area contributed by atoms with E-state index in [1.54, 1.807) is 10.9 Å². The van der Waals surface area contributed by atoms with Crippen molar-refractivity contribution < 1.29 is 15.3 Å². The lowest BCUT2D eigenvalue weighted by Crippen LogP contribution is -2.29. The molecule has 1 aliphatic carbocycles. The summed E-state index contributed by atoms with van der Waals surface area (Å²) in [6.07, 6.45) is 0.245. The van der Waals surface area contributed by atoms with Gasteiger partial charge in [0.05, 0.1) is 25.1 Å². The maximum Gasteiger partial charge on any atom is 0.197 e. The van der Waals surface area contributed by atoms with Crippen LogP contribution in [0, 0.1) is 5.92 Å². The van der Waals surface area contributed by atoms with Gasteiger partial charge in [-0.1, -0.05) is 6.58 Å². The second kappa shape index (κ2) is 4.58. The van der Waals surface area contributed by atoms with Crippen molar-refractivity contribution in [2.45, 2.75) is 24.8 Å². The summed E-state index contributed by atoms with van der Waals surface area (Å²) in [7, 11) is 0. The lowest BCUT2D eigenvalue weighted by Gasteiger charge is -2.22. The standard InChI is InChI=1S/C12H17N5O3/c1-5-6(3-18)8(19)2-7(5)17-4-14-9-10(17)15-12(13)16-11(9)20/h4,6-8,11,18-20H,1-3H2,(H3,13,15,16). The van der Waals surface area contributed by atoms with Crippen molar-refractivity contribution in [3.8, 4) is 0 Å². The summed E-state index contributed by atoms with van der Waals surface area (Å²) in [6, 6.07) is -0.205. The number of imidazole rings is 1. The van der Waals surface area contributed by atoms with Gasteiger partial charge in [0.25, 0.3) is 0 Å². The number of aliphatic hydroxyl groups excluding tert-OH is 3. The molecule has 0 aromatic carbocycles. The molecule has 1 aromatic rings. The van der Waals surface area contributed by atoms with E-state index in [0.29, 0.717) is 17.9 Å². The van der Waals surface area contributed by atoms with Crippen LogP contribution in [-0.2, 0) is 0 Å². The van der Waals surface area contributed by atoms with E-state index in [0.717, 1.165) is 5.57 Å². The third kappa shape index (κ3) is 1.80. The number of guanidine groups is 1. The second-order valence-corrected chi connectivity index (χ2v) is 5.08. The molecule has 1 aromatic heterocycles. The molecule has 3 rings (SSSR count). The number of nitrogens with one attached hydrogen (secondary N) is 1. The van der Waals surface area contributed by atoms with Crippen molar-refractivity contribution >= 4 is 11.8 Å². The van der Waals surface area contributed by atoms with E-state index < -0.39 is 12.3 Å². The quantitative estimate of drug-likeness (QED) is 0.445. The minimum Gasteiger partial charge on any atom is -0.396 e. The number of hydrogen-bond donors (Lipinski definition) is 5. The maximum atomic E-state index is 9.96. The zero-order valence-corrected chi connectivity index (χ0v) is 10.8. The second-order valence-electron chi connectivity index (χ2n) is 5.08. The van der Waals surface area contributed by atoms with Crippen molar-refractivity contribution in [1.82, 2.24) is 9.55 Å². The molecular formula is C12H17N5O3. The molecular weight excluding hydrogens is 262 g/mol. The first kappa shape index (κ1) is 13.1. The van der Waals surface area contributed by atoms with Crippen LogP contribution in [0.2, 0.25) is 0 Å². The summed E-state index contributed by atoms with van der Waals surface area (Å²) in [5.41, 5.74) is 6.73. The zero-order chi connectivity index (χ0) is 14.4. The minimum absolute atomic E-state index is 0.106. The van der Waals surface area contributed by atoms with Crippen LogP contribution in [0.25, 0.3) is 0 Å². The topological polar surface area (TPSA) is 129 Å². The van der Waals surface area contributed by atoms with Gasteiger partial charge in [-0.2, -0.15) is 0 Å². The van der Waals surface area contributed by atoms with E-state index in [1.807, 2.05) is 0 Å². The summed E-state index contributed by atoms with van der Waals surface area (Å²) in [4.78, 5) is 7.91. The molecule has 0 amide bonds. The van der Waals surface area contributed by atoms with E-state index in [9.17, 15) is 15.3 Å². The predicted octanol–water partition coefficient (Wildman–Crippen LogP) is -0.915. The van der Waals surface area contributed by atoms with E-state index >= 15 is 0 Å². The highest BCUT2D eigenvalue weighted by atomic mass is 16.3. The highest BCUT2D eigenvalue weighted by Crippen LogP contribution is 2.41. The first-order chi connectivity index (χ1) is 9.52. The molecule has 20 heavy (non-hydrogen) atoms. The van der Waals surface area contributed by atoms with Crippen molar-refractivity contribution in [3.63, 3.8) is 0 Å².